The zero-order valence-corrected chi connectivity index (χ0v) is 18.5. The number of halogens is 1. The molecule has 0 atom stereocenters. The number of aromatic amines is 1. The molecule has 7 nitrogen and oxygen atoms in total. The lowest BCUT2D eigenvalue weighted by Crippen LogP contribution is -2.43. The summed E-state index contributed by atoms with van der Waals surface area (Å²) in [6, 6.07) is 15.3. The van der Waals surface area contributed by atoms with Crippen LogP contribution in [0.1, 0.15) is 0 Å². The summed E-state index contributed by atoms with van der Waals surface area (Å²) in [7, 11) is 0. The van der Waals surface area contributed by atoms with Crippen LogP contribution in [0, 0.1) is 0 Å². The minimum Gasteiger partial charge on any atom is -0.368 e. The number of hydrogen-bond donors (Lipinski definition) is 2. The second-order valence-electron chi connectivity index (χ2n) is 8.16. The number of piperazine rings is 1. The van der Waals surface area contributed by atoms with Crippen molar-refractivity contribution >= 4 is 39.1 Å². The Labute approximate surface area is 194 Å². The van der Waals surface area contributed by atoms with Gasteiger partial charge < -0.3 is 10.2 Å². The van der Waals surface area contributed by atoms with Crippen molar-refractivity contribution in [1.82, 2.24) is 25.1 Å². The minimum absolute atomic E-state index is 0.116. The second-order valence-corrected chi connectivity index (χ2v) is 8.57. The van der Waals surface area contributed by atoms with E-state index in [2.05, 4.69) is 31.5 Å². The van der Waals surface area contributed by atoms with Crippen molar-refractivity contribution in [2.24, 2.45) is 0 Å². The summed E-state index contributed by atoms with van der Waals surface area (Å²) in [5, 5.41) is 12.7. The number of anilines is 1. The summed E-state index contributed by atoms with van der Waals surface area (Å²) >= 11 is 6.73. The molecule has 4 heterocycles. The van der Waals surface area contributed by atoms with Crippen molar-refractivity contribution in [2.75, 3.05) is 31.1 Å². The molecule has 0 aliphatic carbocycles. The highest BCUT2D eigenvalue weighted by Crippen LogP contribution is 2.32. The van der Waals surface area contributed by atoms with Crippen LogP contribution in [-0.4, -0.2) is 45.9 Å². The maximum Gasteiger partial charge on any atom is 0.255 e. The molecule has 1 saturated heterocycles. The average molecular weight is 457 g/mol. The van der Waals surface area contributed by atoms with E-state index < -0.39 is 0 Å². The highest BCUT2D eigenvalue weighted by atomic mass is 35.5. The topological polar surface area (TPSA) is 78.8 Å². The van der Waals surface area contributed by atoms with E-state index in [1.807, 2.05) is 48.8 Å². The summed E-state index contributed by atoms with van der Waals surface area (Å²) in [4.78, 5) is 20.0. The molecule has 1 fully saturated rings. The molecule has 0 saturated carbocycles. The van der Waals surface area contributed by atoms with Crippen LogP contribution in [0.2, 0.25) is 5.02 Å². The third-order valence-electron chi connectivity index (χ3n) is 6.20. The van der Waals surface area contributed by atoms with E-state index in [0.29, 0.717) is 5.02 Å². The van der Waals surface area contributed by atoms with Crippen LogP contribution < -0.4 is 15.8 Å². The van der Waals surface area contributed by atoms with E-state index in [1.165, 1.54) is 0 Å². The van der Waals surface area contributed by atoms with Crippen molar-refractivity contribution in [3.05, 3.63) is 82.5 Å². The van der Waals surface area contributed by atoms with Gasteiger partial charge in [-0.25, -0.2) is 0 Å². The van der Waals surface area contributed by atoms with Crippen LogP contribution >= 0.6 is 11.6 Å². The van der Waals surface area contributed by atoms with Crippen molar-refractivity contribution in [3.63, 3.8) is 0 Å². The van der Waals surface area contributed by atoms with E-state index in [0.717, 1.165) is 70.5 Å². The first-order chi connectivity index (χ1) is 16.2. The number of hydrogen-bond acceptors (Lipinski definition) is 5. The Hall–Kier alpha value is -3.68. The van der Waals surface area contributed by atoms with E-state index in [1.54, 1.807) is 16.8 Å². The van der Waals surface area contributed by atoms with Crippen LogP contribution in [0.5, 0.6) is 0 Å². The van der Waals surface area contributed by atoms with Crippen LogP contribution in [0.15, 0.2) is 71.9 Å². The van der Waals surface area contributed by atoms with Gasteiger partial charge in [-0.1, -0.05) is 17.7 Å². The van der Waals surface area contributed by atoms with Gasteiger partial charge in [-0.2, -0.15) is 5.10 Å². The zero-order valence-electron chi connectivity index (χ0n) is 17.8. The van der Waals surface area contributed by atoms with Gasteiger partial charge >= 0.3 is 0 Å². The lowest BCUT2D eigenvalue weighted by atomic mass is 10.0. The molecule has 164 valence electrons. The van der Waals surface area contributed by atoms with Gasteiger partial charge in [-0.15, -0.1) is 0 Å². The summed E-state index contributed by atoms with van der Waals surface area (Å²) in [5.74, 6) is 0. The van der Waals surface area contributed by atoms with Gasteiger partial charge in [0.25, 0.3) is 5.56 Å². The smallest absolute Gasteiger partial charge is 0.255 e. The standard InChI is InChI=1S/C25H21ClN6O/c26-21-12-19(3-5-23(21)31-9-7-27-8-10-31)32-24(33)6-2-17-13-28-22-4-1-16(11-20(22)25(17)32)18-14-29-30-15-18/h1-6,11-15,27H,7-10H2,(H,29,30). The number of pyridine rings is 2. The van der Waals surface area contributed by atoms with Gasteiger partial charge in [0, 0.05) is 61.0 Å². The first kappa shape index (κ1) is 20.0. The van der Waals surface area contributed by atoms with Crippen molar-refractivity contribution in [1.29, 1.82) is 0 Å². The highest BCUT2D eigenvalue weighted by molar-refractivity contribution is 6.33. The van der Waals surface area contributed by atoms with Crippen molar-refractivity contribution in [2.45, 2.75) is 0 Å². The first-order valence-electron chi connectivity index (χ1n) is 10.9. The van der Waals surface area contributed by atoms with Gasteiger partial charge in [0.15, 0.2) is 0 Å². The van der Waals surface area contributed by atoms with Gasteiger partial charge in [0.2, 0.25) is 0 Å². The van der Waals surface area contributed by atoms with Crippen molar-refractivity contribution < 1.29 is 0 Å². The molecule has 2 aromatic carbocycles. The molecule has 0 bridgehead atoms. The number of fused-ring (bicyclic) bond motifs is 3. The van der Waals surface area contributed by atoms with Crippen LogP contribution in [0.4, 0.5) is 5.69 Å². The Morgan fingerprint density at radius 1 is 0.939 bits per heavy atom. The van der Waals surface area contributed by atoms with Crippen LogP contribution in [0.25, 0.3) is 38.6 Å². The molecule has 2 N–H and O–H groups in total. The maximum atomic E-state index is 13.2. The predicted molar refractivity (Wildman–Crippen MR) is 133 cm³/mol. The van der Waals surface area contributed by atoms with Crippen LogP contribution in [0.3, 0.4) is 0 Å². The highest BCUT2D eigenvalue weighted by Gasteiger charge is 2.16. The monoisotopic (exact) mass is 456 g/mol. The molecule has 8 heteroatoms. The molecule has 0 radical (unpaired) electrons. The van der Waals surface area contributed by atoms with Gasteiger partial charge in [-0.3, -0.25) is 19.4 Å². The number of aromatic nitrogens is 4. The fourth-order valence-electron chi connectivity index (χ4n) is 4.55. The SMILES string of the molecule is O=c1ccc2cnc3ccc(-c4cn[nH]c4)cc3c2n1-c1ccc(N2CCNCC2)c(Cl)c1. The van der Waals surface area contributed by atoms with E-state index in [9.17, 15) is 4.79 Å². The third kappa shape index (κ3) is 3.46. The number of H-pyrrole nitrogens is 1. The molecule has 33 heavy (non-hydrogen) atoms. The van der Waals surface area contributed by atoms with E-state index in [4.69, 9.17) is 11.6 Å². The fourth-order valence-corrected chi connectivity index (χ4v) is 4.85. The molecular weight excluding hydrogens is 436 g/mol. The lowest BCUT2D eigenvalue weighted by Gasteiger charge is -2.30. The summed E-state index contributed by atoms with van der Waals surface area (Å²) in [5.41, 5.74) is 5.21. The second kappa shape index (κ2) is 8.03. The minimum atomic E-state index is -0.116. The summed E-state index contributed by atoms with van der Waals surface area (Å²) in [6.07, 6.45) is 5.44. The molecule has 0 unspecified atom stereocenters. The Bertz CT molecular complexity index is 1540. The zero-order chi connectivity index (χ0) is 22.4. The Kier molecular flexibility index (Phi) is 4.86. The lowest BCUT2D eigenvalue weighted by molar-refractivity contribution is 0.589. The summed E-state index contributed by atoms with van der Waals surface area (Å²) < 4.78 is 1.73. The predicted octanol–water partition coefficient (Wildman–Crippen LogP) is 3.99. The van der Waals surface area contributed by atoms with Gasteiger partial charge in [0.05, 0.1) is 33.6 Å². The quantitative estimate of drug-likeness (QED) is 0.401. The van der Waals surface area contributed by atoms with Gasteiger partial charge in [-0.05, 0) is 42.0 Å². The van der Waals surface area contributed by atoms with Gasteiger partial charge in [0.1, 0.15) is 0 Å². The molecule has 3 aromatic heterocycles. The molecule has 5 aromatic rings. The molecule has 1 aliphatic rings. The van der Waals surface area contributed by atoms with E-state index >= 15 is 0 Å². The van der Waals surface area contributed by atoms with Crippen molar-refractivity contribution in [3.8, 4) is 16.8 Å². The Morgan fingerprint density at radius 2 is 1.82 bits per heavy atom. The Morgan fingerprint density at radius 3 is 2.61 bits per heavy atom. The first-order valence-corrected chi connectivity index (χ1v) is 11.3. The number of benzene rings is 2. The fraction of sp³-hybridized carbons (Fsp3) is 0.160. The molecular formula is C25H21ClN6O. The average Bonchev–Trinajstić information content (AvgIpc) is 3.39. The molecule has 1 aliphatic heterocycles. The maximum absolute atomic E-state index is 13.2. The normalized spacial score (nSPS) is 14.3. The number of nitrogens with one attached hydrogen (secondary N) is 2. The molecule has 6 rings (SSSR count). The third-order valence-corrected chi connectivity index (χ3v) is 6.50. The van der Waals surface area contributed by atoms with Crippen LogP contribution in [-0.2, 0) is 0 Å². The number of rotatable bonds is 3. The summed E-state index contributed by atoms with van der Waals surface area (Å²) in [6.45, 7) is 3.67. The largest absolute Gasteiger partial charge is 0.368 e. The molecule has 0 amide bonds. The molecule has 0 spiro atoms. The van der Waals surface area contributed by atoms with E-state index in [-0.39, 0.29) is 5.56 Å². The Balaban J connectivity index is 1.57. The number of nitrogens with zero attached hydrogens (tertiary/aromatic N) is 4.